The summed E-state index contributed by atoms with van der Waals surface area (Å²) in [4.78, 5) is 12.1. The van der Waals surface area contributed by atoms with E-state index in [9.17, 15) is 4.79 Å². The molecule has 20 heavy (non-hydrogen) atoms. The maximum Gasteiger partial charge on any atom is 0.253 e. The van der Waals surface area contributed by atoms with Gasteiger partial charge >= 0.3 is 0 Å². The molecule has 0 aromatic heterocycles. The fourth-order valence-corrected chi connectivity index (χ4v) is 2.11. The van der Waals surface area contributed by atoms with Crippen LogP contribution in [0.3, 0.4) is 0 Å². The van der Waals surface area contributed by atoms with Gasteiger partial charge in [-0.15, -0.1) is 0 Å². The summed E-state index contributed by atoms with van der Waals surface area (Å²) in [5, 5.41) is 2.83. The lowest BCUT2D eigenvalue weighted by atomic mass is 10.2. The molecule has 0 unspecified atom stereocenters. The molecule has 1 amide bonds. The van der Waals surface area contributed by atoms with Gasteiger partial charge in [-0.3, -0.25) is 4.79 Å². The molecule has 1 heterocycles. The zero-order valence-corrected chi connectivity index (χ0v) is 11.4. The van der Waals surface area contributed by atoms with Crippen LogP contribution in [0.5, 0.6) is 5.75 Å². The van der Waals surface area contributed by atoms with Gasteiger partial charge in [0, 0.05) is 18.3 Å². The van der Waals surface area contributed by atoms with Crippen molar-refractivity contribution in [2.45, 2.75) is 25.0 Å². The second-order valence-corrected chi connectivity index (χ2v) is 4.68. The molecule has 0 saturated carbocycles. The highest BCUT2D eigenvalue weighted by Crippen LogP contribution is 2.22. The van der Waals surface area contributed by atoms with Gasteiger partial charge in [-0.25, -0.2) is 0 Å². The van der Waals surface area contributed by atoms with Crippen LogP contribution in [0.2, 0.25) is 0 Å². The SMILES string of the molecule is C=CCOc1cccc(NC(=O)[C@@H]2CC[C@H](CN)O2)c1. The van der Waals surface area contributed by atoms with Gasteiger partial charge in [0.2, 0.25) is 0 Å². The second-order valence-electron chi connectivity index (χ2n) is 4.68. The summed E-state index contributed by atoms with van der Waals surface area (Å²) >= 11 is 0. The van der Waals surface area contributed by atoms with Crippen molar-refractivity contribution in [1.82, 2.24) is 0 Å². The Labute approximate surface area is 118 Å². The Morgan fingerprint density at radius 2 is 2.40 bits per heavy atom. The number of carbonyl (C=O) groups is 1. The summed E-state index contributed by atoms with van der Waals surface area (Å²) in [5.41, 5.74) is 6.22. The monoisotopic (exact) mass is 276 g/mol. The van der Waals surface area contributed by atoms with Crippen LogP contribution in [-0.4, -0.2) is 31.3 Å². The Morgan fingerprint density at radius 1 is 1.55 bits per heavy atom. The third-order valence-corrected chi connectivity index (χ3v) is 3.13. The Kier molecular flexibility index (Phi) is 5.15. The molecule has 2 rings (SSSR count). The minimum atomic E-state index is -0.415. The maximum absolute atomic E-state index is 12.1. The average molecular weight is 276 g/mol. The Hall–Kier alpha value is -1.85. The van der Waals surface area contributed by atoms with Crippen molar-refractivity contribution in [1.29, 1.82) is 0 Å². The largest absolute Gasteiger partial charge is 0.489 e. The van der Waals surface area contributed by atoms with E-state index in [-0.39, 0.29) is 12.0 Å². The maximum atomic E-state index is 12.1. The van der Waals surface area contributed by atoms with E-state index < -0.39 is 6.10 Å². The van der Waals surface area contributed by atoms with Crippen molar-refractivity contribution < 1.29 is 14.3 Å². The van der Waals surface area contributed by atoms with Gasteiger partial charge in [-0.1, -0.05) is 18.7 Å². The standard InChI is InChI=1S/C15H20N2O3/c1-2-8-19-12-5-3-4-11(9-12)17-15(18)14-7-6-13(10-16)20-14/h2-5,9,13-14H,1,6-8,10,16H2,(H,17,18)/t13-,14+/m1/s1. The van der Waals surface area contributed by atoms with E-state index in [2.05, 4.69) is 11.9 Å². The number of amides is 1. The van der Waals surface area contributed by atoms with Crippen LogP contribution in [0.4, 0.5) is 5.69 Å². The molecule has 0 radical (unpaired) electrons. The summed E-state index contributed by atoms with van der Waals surface area (Å²) in [6.45, 7) is 4.48. The first-order valence-electron chi connectivity index (χ1n) is 6.73. The Bertz CT molecular complexity index is 476. The van der Waals surface area contributed by atoms with Crippen LogP contribution >= 0.6 is 0 Å². The number of rotatable bonds is 6. The van der Waals surface area contributed by atoms with Crippen LogP contribution < -0.4 is 15.8 Å². The molecule has 1 fully saturated rings. The van der Waals surface area contributed by atoms with Crippen molar-refractivity contribution in [3.05, 3.63) is 36.9 Å². The molecule has 2 atom stereocenters. The zero-order valence-electron chi connectivity index (χ0n) is 11.4. The van der Waals surface area contributed by atoms with Gasteiger partial charge in [0.05, 0.1) is 6.10 Å². The highest BCUT2D eigenvalue weighted by Gasteiger charge is 2.29. The van der Waals surface area contributed by atoms with Crippen molar-refractivity contribution in [2.75, 3.05) is 18.5 Å². The minimum absolute atomic E-state index is 0.00647. The normalized spacial score (nSPS) is 21.4. The van der Waals surface area contributed by atoms with Crippen molar-refractivity contribution in [3.63, 3.8) is 0 Å². The van der Waals surface area contributed by atoms with Gasteiger partial charge in [0.15, 0.2) is 0 Å². The van der Waals surface area contributed by atoms with Crippen molar-refractivity contribution in [3.8, 4) is 5.75 Å². The molecule has 1 aromatic rings. The lowest BCUT2D eigenvalue weighted by Gasteiger charge is -2.13. The number of nitrogens with one attached hydrogen (secondary N) is 1. The summed E-state index contributed by atoms with van der Waals surface area (Å²) in [5.74, 6) is 0.552. The molecule has 5 nitrogen and oxygen atoms in total. The van der Waals surface area contributed by atoms with Gasteiger partial charge in [-0.2, -0.15) is 0 Å². The molecular formula is C15H20N2O3. The van der Waals surface area contributed by atoms with Crippen molar-refractivity contribution in [2.24, 2.45) is 5.73 Å². The van der Waals surface area contributed by atoms with E-state index in [1.807, 2.05) is 18.2 Å². The summed E-state index contributed by atoms with van der Waals surface area (Å²) in [7, 11) is 0. The third-order valence-electron chi connectivity index (χ3n) is 3.13. The Balaban J connectivity index is 1.92. The molecule has 3 N–H and O–H groups in total. The lowest BCUT2D eigenvalue weighted by Crippen LogP contribution is -2.29. The van der Waals surface area contributed by atoms with Gasteiger partial charge in [0.1, 0.15) is 18.5 Å². The summed E-state index contributed by atoms with van der Waals surface area (Å²) in [6, 6.07) is 7.24. The van der Waals surface area contributed by atoms with Crippen LogP contribution in [-0.2, 0) is 9.53 Å². The first kappa shape index (κ1) is 14.6. The van der Waals surface area contributed by atoms with Crippen LogP contribution in [0, 0.1) is 0 Å². The number of nitrogens with two attached hydrogens (primary N) is 1. The zero-order chi connectivity index (χ0) is 14.4. The van der Waals surface area contributed by atoms with Gasteiger partial charge in [-0.05, 0) is 25.0 Å². The molecular weight excluding hydrogens is 256 g/mol. The topological polar surface area (TPSA) is 73.6 Å². The molecule has 1 aliphatic heterocycles. The quantitative estimate of drug-likeness (QED) is 0.776. The molecule has 0 spiro atoms. The average Bonchev–Trinajstić information content (AvgIpc) is 2.94. The Morgan fingerprint density at radius 3 is 3.10 bits per heavy atom. The first-order chi connectivity index (χ1) is 9.72. The molecule has 0 bridgehead atoms. The molecule has 1 aromatic carbocycles. The molecule has 1 aliphatic rings. The highest BCUT2D eigenvalue weighted by atomic mass is 16.5. The van der Waals surface area contributed by atoms with Crippen molar-refractivity contribution >= 4 is 11.6 Å². The molecule has 0 aliphatic carbocycles. The molecule has 108 valence electrons. The summed E-state index contributed by atoms with van der Waals surface area (Å²) in [6.07, 6.45) is 2.79. The molecule has 5 heteroatoms. The highest BCUT2D eigenvalue weighted by molar-refractivity contribution is 5.94. The first-order valence-corrected chi connectivity index (χ1v) is 6.73. The van der Waals surface area contributed by atoms with Crippen LogP contribution in [0.25, 0.3) is 0 Å². The number of carbonyl (C=O) groups excluding carboxylic acids is 1. The van der Waals surface area contributed by atoms with Gasteiger partial charge < -0.3 is 20.5 Å². The number of hydrogen-bond donors (Lipinski definition) is 2. The number of hydrogen-bond acceptors (Lipinski definition) is 4. The lowest BCUT2D eigenvalue weighted by molar-refractivity contribution is -0.126. The van der Waals surface area contributed by atoms with Crippen LogP contribution in [0.1, 0.15) is 12.8 Å². The predicted molar refractivity (Wildman–Crippen MR) is 77.7 cm³/mol. The fraction of sp³-hybridized carbons (Fsp3) is 0.400. The van der Waals surface area contributed by atoms with E-state index in [1.165, 1.54) is 0 Å². The van der Waals surface area contributed by atoms with E-state index >= 15 is 0 Å². The second kappa shape index (κ2) is 7.07. The van der Waals surface area contributed by atoms with E-state index in [0.29, 0.717) is 31.0 Å². The number of anilines is 1. The van der Waals surface area contributed by atoms with E-state index in [4.69, 9.17) is 15.2 Å². The number of ether oxygens (including phenoxy) is 2. The summed E-state index contributed by atoms with van der Waals surface area (Å²) < 4.78 is 11.0. The van der Waals surface area contributed by atoms with E-state index in [1.54, 1.807) is 12.1 Å². The molecule has 1 saturated heterocycles. The predicted octanol–water partition coefficient (Wildman–Crippen LogP) is 1.70. The van der Waals surface area contributed by atoms with Gasteiger partial charge in [0.25, 0.3) is 5.91 Å². The fourth-order valence-electron chi connectivity index (χ4n) is 2.11. The number of benzene rings is 1. The minimum Gasteiger partial charge on any atom is -0.489 e. The van der Waals surface area contributed by atoms with Crippen LogP contribution in [0.15, 0.2) is 36.9 Å². The smallest absolute Gasteiger partial charge is 0.253 e. The third kappa shape index (κ3) is 3.82. The van der Waals surface area contributed by atoms with E-state index in [0.717, 1.165) is 6.42 Å².